The van der Waals surface area contributed by atoms with Crippen LogP contribution in [0.5, 0.6) is 0 Å². The van der Waals surface area contributed by atoms with Gasteiger partial charge in [0.1, 0.15) is 11.9 Å². The first-order chi connectivity index (χ1) is 11.7. The normalized spacial score (nSPS) is 24.0. The summed E-state index contributed by atoms with van der Waals surface area (Å²) in [5.41, 5.74) is 1.76. The van der Waals surface area contributed by atoms with E-state index in [-0.39, 0.29) is 18.2 Å². The van der Waals surface area contributed by atoms with E-state index in [1.807, 2.05) is 18.4 Å². The van der Waals surface area contributed by atoms with Gasteiger partial charge in [-0.15, -0.1) is 0 Å². The molecular formula is C17H20N4O2S. The summed E-state index contributed by atoms with van der Waals surface area (Å²) in [6.45, 7) is 3.12. The fourth-order valence-corrected chi connectivity index (χ4v) is 3.62. The molecule has 1 aliphatic heterocycles. The van der Waals surface area contributed by atoms with Crippen LogP contribution in [0.25, 0.3) is 0 Å². The van der Waals surface area contributed by atoms with Crippen molar-refractivity contribution in [1.82, 2.24) is 14.9 Å². The van der Waals surface area contributed by atoms with Gasteiger partial charge in [0.15, 0.2) is 0 Å². The predicted octanol–water partition coefficient (Wildman–Crippen LogP) is 3.41. The molecule has 1 saturated carbocycles. The van der Waals surface area contributed by atoms with Crippen molar-refractivity contribution in [2.24, 2.45) is 0 Å². The first kappa shape index (κ1) is 15.5. The van der Waals surface area contributed by atoms with Gasteiger partial charge in [0.05, 0.1) is 30.7 Å². The number of amides is 2. The molecule has 2 amide bonds. The van der Waals surface area contributed by atoms with Crippen LogP contribution in [0.1, 0.15) is 43.2 Å². The fourth-order valence-electron chi connectivity index (χ4n) is 2.92. The molecule has 4 rings (SSSR count). The van der Waals surface area contributed by atoms with Crippen LogP contribution < -0.4 is 5.32 Å². The van der Waals surface area contributed by atoms with E-state index in [2.05, 4.69) is 20.7 Å². The molecule has 24 heavy (non-hydrogen) atoms. The predicted molar refractivity (Wildman–Crippen MR) is 92.2 cm³/mol. The zero-order valence-corrected chi connectivity index (χ0v) is 14.3. The Labute approximate surface area is 144 Å². The first-order valence-electron chi connectivity index (χ1n) is 8.24. The van der Waals surface area contributed by atoms with E-state index in [1.54, 1.807) is 28.6 Å². The minimum Gasteiger partial charge on any atom is -0.367 e. The van der Waals surface area contributed by atoms with Crippen LogP contribution in [0.3, 0.4) is 0 Å². The molecule has 2 aliphatic rings. The molecule has 3 heterocycles. The maximum absolute atomic E-state index is 12.6. The third kappa shape index (κ3) is 3.42. The maximum atomic E-state index is 12.6. The molecule has 2 aromatic heterocycles. The van der Waals surface area contributed by atoms with Crippen molar-refractivity contribution < 1.29 is 9.53 Å². The molecule has 126 valence electrons. The lowest BCUT2D eigenvalue weighted by Gasteiger charge is -2.36. The van der Waals surface area contributed by atoms with Crippen LogP contribution in [0, 0.1) is 0 Å². The van der Waals surface area contributed by atoms with Crippen LogP contribution in [-0.4, -0.2) is 40.1 Å². The summed E-state index contributed by atoms with van der Waals surface area (Å²) in [4.78, 5) is 23.0. The number of hydrogen-bond donors (Lipinski definition) is 1. The smallest absolute Gasteiger partial charge is 0.322 e. The summed E-state index contributed by atoms with van der Waals surface area (Å²) in [7, 11) is 0. The number of hydrogen-bond acceptors (Lipinski definition) is 5. The third-order valence-electron chi connectivity index (χ3n) is 4.33. The number of rotatable bonds is 3. The topological polar surface area (TPSA) is 67.4 Å². The van der Waals surface area contributed by atoms with Crippen LogP contribution in [0.2, 0.25) is 0 Å². The third-order valence-corrected chi connectivity index (χ3v) is 5.03. The molecule has 1 aliphatic carbocycles. The number of carbonyl (C=O) groups excluding carboxylic acids is 1. The van der Waals surface area contributed by atoms with Crippen LogP contribution >= 0.6 is 11.3 Å². The number of urea groups is 1. The number of aromatic nitrogens is 2. The second kappa shape index (κ2) is 6.49. The standard InChI is InChI=1S/C17H20N4O2S/c1-11-8-21(9-15(23-11)13-4-5-24-10-13)17(22)20-14-6-18-16(19-7-14)12-2-3-12/h4-7,10-12,15H,2-3,8-9H2,1H3,(H,20,22)/t11-,15-/m0/s1. The fraction of sp³-hybridized carbons (Fsp3) is 0.471. The highest BCUT2D eigenvalue weighted by molar-refractivity contribution is 7.07. The van der Waals surface area contributed by atoms with E-state index in [4.69, 9.17) is 4.74 Å². The lowest BCUT2D eigenvalue weighted by atomic mass is 10.1. The van der Waals surface area contributed by atoms with Gasteiger partial charge in [-0.05, 0) is 42.2 Å². The molecule has 0 spiro atoms. The molecular weight excluding hydrogens is 324 g/mol. The van der Waals surface area contributed by atoms with Crippen LogP contribution in [-0.2, 0) is 4.74 Å². The minimum absolute atomic E-state index is 0.00268. The zero-order chi connectivity index (χ0) is 16.5. The minimum atomic E-state index is -0.131. The van der Waals surface area contributed by atoms with E-state index in [0.717, 1.165) is 11.4 Å². The summed E-state index contributed by atoms with van der Waals surface area (Å²) in [6, 6.07) is 1.92. The molecule has 1 saturated heterocycles. The van der Waals surface area contributed by atoms with Crippen molar-refractivity contribution in [3.63, 3.8) is 0 Å². The number of nitrogens with one attached hydrogen (secondary N) is 1. The number of morpholine rings is 1. The average Bonchev–Trinajstić information content (AvgIpc) is 3.29. The molecule has 7 heteroatoms. The van der Waals surface area contributed by atoms with Gasteiger partial charge in [-0.25, -0.2) is 14.8 Å². The molecule has 0 radical (unpaired) electrons. The van der Waals surface area contributed by atoms with Gasteiger partial charge in [-0.1, -0.05) is 0 Å². The molecule has 0 bridgehead atoms. The Morgan fingerprint density at radius 1 is 1.33 bits per heavy atom. The van der Waals surface area contributed by atoms with Gasteiger partial charge in [-0.2, -0.15) is 11.3 Å². The van der Waals surface area contributed by atoms with Crippen LogP contribution in [0.15, 0.2) is 29.2 Å². The Hall–Kier alpha value is -1.99. The van der Waals surface area contributed by atoms with Gasteiger partial charge >= 0.3 is 6.03 Å². The van der Waals surface area contributed by atoms with Gasteiger partial charge in [0, 0.05) is 12.5 Å². The Kier molecular flexibility index (Phi) is 4.20. The molecule has 2 fully saturated rings. The van der Waals surface area contributed by atoms with Gasteiger partial charge in [-0.3, -0.25) is 0 Å². The number of thiophene rings is 1. The summed E-state index contributed by atoms with van der Waals surface area (Å²) < 4.78 is 5.97. The van der Waals surface area contributed by atoms with E-state index in [0.29, 0.717) is 24.7 Å². The van der Waals surface area contributed by atoms with Gasteiger partial charge in [0.25, 0.3) is 0 Å². The van der Waals surface area contributed by atoms with Crippen molar-refractivity contribution in [1.29, 1.82) is 0 Å². The van der Waals surface area contributed by atoms with Gasteiger partial charge in [0.2, 0.25) is 0 Å². The summed E-state index contributed by atoms with van der Waals surface area (Å²) in [6.07, 6.45) is 5.66. The number of nitrogens with zero attached hydrogens (tertiary/aromatic N) is 3. The summed E-state index contributed by atoms with van der Waals surface area (Å²) in [5, 5.41) is 7.00. The van der Waals surface area contributed by atoms with Crippen LogP contribution in [0.4, 0.5) is 10.5 Å². The molecule has 2 atom stereocenters. The maximum Gasteiger partial charge on any atom is 0.322 e. The highest BCUT2D eigenvalue weighted by Crippen LogP contribution is 2.37. The second-order valence-electron chi connectivity index (χ2n) is 6.43. The highest BCUT2D eigenvalue weighted by atomic mass is 32.1. The Bertz CT molecular complexity index is 700. The van der Waals surface area contributed by atoms with Crippen molar-refractivity contribution in [2.75, 3.05) is 18.4 Å². The van der Waals surface area contributed by atoms with Crippen molar-refractivity contribution in [2.45, 2.75) is 37.9 Å². The van der Waals surface area contributed by atoms with Gasteiger partial charge < -0.3 is 15.0 Å². The summed E-state index contributed by atoms with van der Waals surface area (Å²) in [5.74, 6) is 1.40. The Morgan fingerprint density at radius 2 is 2.12 bits per heavy atom. The van der Waals surface area contributed by atoms with E-state index in [1.165, 1.54) is 12.8 Å². The lowest BCUT2D eigenvalue weighted by Crippen LogP contribution is -2.47. The second-order valence-corrected chi connectivity index (χ2v) is 7.21. The van der Waals surface area contributed by atoms with E-state index >= 15 is 0 Å². The Morgan fingerprint density at radius 3 is 2.79 bits per heavy atom. The van der Waals surface area contributed by atoms with E-state index in [9.17, 15) is 4.79 Å². The molecule has 6 nitrogen and oxygen atoms in total. The number of ether oxygens (including phenoxy) is 1. The highest BCUT2D eigenvalue weighted by Gasteiger charge is 2.30. The quantitative estimate of drug-likeness (QED) is 0.926. The molecule has 0 unspecified atom stereocenters. The zero-order valence-electron chi connectivity index (χ0n) is 13.5. The molecule has 2 aromatic rings. The SMILES string of the molecule is C[C@H]1CN(C(=O)Nc2cnc(C3CC3)nc2)C[C@@H](c2ccsc2)O1. The van der Waals surface area contributed by atoms with E-state index < -0.39 is 0 Å². The largest absolute Gasteiger partial charge is 0.367 e. The summed E-state index contributed by atoms with van der Waals surface area (Å²) >= 11 is 1.64. The van der Waals surface area contributed by atoms with Crippen molar-refractivity contribution in [3.05, 3.63) is 40.6 Å². The van der Waals surface area contributed by atoms with Crippen molar-refractivity contribution in [3.8, 4) is 0 Å². The van der Waals surface area contributed by atoms with Crippen molar-refractivity contribution >= 4 is 23.1 Å². The monoisotopic (exact) mass is 344 g/mol. The molecule has 1 N–H and O–H groups in total. The Balaban J connectivity index is 1.41. The average molecular weight is 344 g/mol. The lowest BCUT2D eigenvalue weighted by molar-refractivity contribution is -0.0640. The number of carbonyl (C=O) groups is 1. The first-order valence-corrected chi connectivity index (χ1v) is 9.19. The number of anilines is 1. The molecule has 0 aromatic carbocycles.